The fourth-order valence-corrected chi connectivity index (χ4v) is 1.83. The summed E-state index contributed by atoms with van der Waals surface area (Å²) in [5.41, 5.74) is 0.163. The number of hydrogen-bond donors (Lipinski definition) is 1. The van der Waals surface area contributed by atoms with E-state index in [9.17, 15) is 14.0 Å². The lowest BCUT2D eigenvalue weighted by atomic mass is 10.2. The largest absolute Gasteiger partial charge is 0.342 e. The van der Waals surface area contributed by atoms with Crippen LogP contribution in [0.25, 0.3) is 0 Å². The smallest absolute Gasteiger partial charge is 0.226 e. The number of hydrogen-bond acceptors (Lipinski definition) is 2. The average Bonchev–Trinajstić information content (AvgIpc) is 2.36. The summed E-state index contributed by atoms with van der Waals surface area (Å²) in [6.45, 7) is 6.46. The lowest BCUT2D eigenvalue weighted by molar-refractivity contribution is -0.129. The summed E-state index contributed by atoms with van der Waals surface area (Å²) in [7, 11) is 0. The average molecular weight is 280 g/mol. The van der Waals surface area contributed by atoms with E-state index in [2.05, 4.69) is 5.32 Å². The molecule has 0 saturated heterocycles. The second kappa shape index (κ2) is 7.62. The first kappa shape index (κ1) is 16.1. The number of rotatable bonds is 6. The second-order valence-electron chi connectivity index (χ2n) is 5.14. The monoisotopic (exact) mass is 280 g/mol. The van der Waals surface area contributed by atoms with Gasteiger partial charge in [-0.15, -0.1) is 0 Å². The molecule has 2 amide bonds. The van der Waals surface area contributed by atoms with Crippen molar-refractivity contribution in [2.24, 2.45) is 5.92 Å². The molecule has 0 saturated carbocycles. The van der Waals surface area contributed by atoms with Crippen molar-refractivity contribution in [1.29, 1.82) is 0 Å². The van der Waals surface area contributed by atoms with Crippen molar-refractivity contribution in [1.82, 2.24) is 4.90 Å². The Kier molecular flexibility index (Phi) is 6.15. The molecule has 1 rings (SSSR count). The van der Waals surface area contributed by atoms with Gasteiger partial charge in [-0.2, -0.15) is 0 Å². The summed E-state index contributed by atoms with van der Waals surface area (Å²) in [4.78, 5) is 24.8. The van der Waals surface area contributed by atoms with Crippen LogP contribution in [0.3, 0.4) is 0 Å². The van der Waals surface area contributed by atoms with Crippen molar-refractivity contribution in [3.63, 3.8) is 0 Å². The van der Waals surface area contributed by atoms with Crippen molar-refractivity contribution in [2.45, 2.75) is 27.2 Å². The molecule has 0 aliphatic carbocycles. The number of carbonyl (C=O) groups is 2. The number of nitrogens with one attached hydrogen (secondary N) is 1. The summed E-state index contributed by atoms with van der Waals surface area (Å²) in [6, 6.07) is 6.00. The van der Waals surface area contributed by atoms with E-state index in [-0.39, 0.29) is 23.9 Å². The molecule has 0 radical (unpaired) electrons. The third kappa shape index (κ3) is 5.38. The van der Waals surface area contributed by atoms with E-state index >= 15 is 0 Å². The highest BCUT2D eigenvalue weighted by Gasteiger charge is 2.13. The van der Waals surface area contributed by atoms with Crippen molar-refractivity contribution in [2.75, 3.05) is 18.4 Å². The topological polar surface area (TPSA) is 49.4 Å². The molecule has 0 heterocycles. The van der Waals surface area contributed by atoms with Crippen LogP contribution < -0.4 is 5.32 Å². The predicted octanol–water partition coefficient (Wildman–Crippen LogP) is 2.66. The van der Waals surface area contributed by atoms with Gasteiger partial charge in [0.25, 0.3) is 0 Å². The van der Waals surface area contributed by atoms with Gasteiger partial charge in [-0.1, -0.05) is 26.0 Å². The highest BCUT2D eigenvalue weighted by atomic mass is 19.1. The maximum atomic E-state index is 13.4. The normalized spacial score (nSPS) is 10.4. The number of carbonyl (C=O) groups excluding carboxylic acids is 2. The van der Waals surface area contributed by atoms with Gasteiger partial charge in [-0.25, -0.2) is 4.39 Å². The van der Waals surface area contributed by atoms with E-state index in [1.165, 1.54) is 19.1 Å². The molecular formula is C15H21FN2O2. The van der Waals surface area contributed by atoms with Crippen LogP contribution in [0.5, 0.6) is 0 Å². The molecule has 0 atom stereocenters. The zero-order chi connectivity index (χ0) is 15.1. The fourth-order valence-electron chi connectivity index (χ4n) is 1.83. The summed E-state index contributed by atoms with van der Waals surface area (Å²) >= 11 is 0. The van der Waals surface area contributed by atoms with Crippen LogP contribution in [0.4, 0.5) is 10.1 Å². The molecular weight excluding hydrogens is 259 g/mol. The molecule has 1 aromatic rings. The summed E-state index contributed by atoms with van der Waals surface area (Å²) in [5.74, 6) is -0.484. The molecule has 110 valence electrons. The third-order valence-corrected chi connectivity index (χ3v) is 2.79. The van der Waals surface area contributed by atoms with E-state index in [0.717, 1.165) is 0 Å². The lowest BCUT2D eigenvalue weighted by Gasteiger charge is -2.22. The molecule has 5 heteroatoms. The Morgan fingerprint density at radius 2 is 1.95 bits per heavy atom. The highest BCUT2D eigenvalue weighted by Crippen LogP contribution is 2.12. The summed E-state index contributed by atoms with van der Waals surface area (Å²) in [6.07, 6.45) is 0.153. The van der Waals surface area contributed by atoms with Crippen LogP contribution in [0.2, 0.25) is 0 Å². The lowest BCUT2D eigenvalue weighted by Crippen LogP contribution is -2.34. The Morgan fingerprint density at radius 3 is 2.50 bits per heavy atom. The van der Waals surface area contributed by atoms with Gasteiger partial charge in [-0.3, -0.25) is 9.59 Å². The summed E-state index contributed by atoms with van der Waals surface area (Å²) < 4.78 is 13.4. The Balaban J connectivity index is 2.50. The van der Waals surface area contributed by atoms with Crippen molar-refractivity contribution < 1.29 is 14.0 Å². The van der Waals surface area contributed by atoms with Gasteiger partial charge in [0.2, 0.25) is 11.8 Å². The van der Waals surface area contributed by atoms with Gasteiger partial charge in [0.15, 0.2) is 0 Å². The maximum Gasteiger partial charge on any atom is 0.226 e. The minimum absolute atomic E-state index is 0.0580. The van der Waals surface area contributed by atoms with Gasteiger partial charge in [0.05, 0.1) is 5.69 Å². The predicted molar refractivity (Wildman–Crippen MR) is 76.7 cm³/mol. The molecule has 0 spiro atoms. The standard InChI is InChI=1S/C15H21FN2O2/c1-11(2)10-18(12(3)19)9-8-15(20)17-14-7-5-4-6-13(14)16/h4-7,11H,8-10H2,1-3H3,(H,17,20). The minimum atomic E-state index is -0.466. The highest BCUT2D eigenvalue weighted by molar-refractivity contribution is 5.91. The number of anilines is 1. The van der Waals surface area contributed by atoms with Crippen LogP contribution >= 0.6 is 0 Å². The SMILES string of the molecule is CC(=O)N(CCC(=O)Nc1ccccc1F)CC(C)C. The molecule has 0 unspecified atom stereocenters. The van der Waals surface area contributed by atoms with E-state index in [0.29, 0.717) is 19.0 Å². The molecule has 0 aromatic heterocycles. The number of halogens is 1. The number of para-hydroxylation sites is 1. The van der Waals surface area contributed by atoms with E-state index in [1.54, 1.807) is 17.0 Å². The van der Waals surface area contributed by atoms with Crippen LogP contribution in [0.1, 0.15) is 27.2 Å². The van der Waals surface area contributed by atoms with E-state index < -0.39 is 5.82 Å². The van der Waals surface area contributed by atoms with Crippen LogP contribution in [0.15, 0.2) is 24.3 Å². The molecule has 1 N–H and O–H groups in total. The fraction of sp³-hybridized carbons (Fsp3) is 0.467. The van der Waals surface area contributed by atoms with Crippen LogP contribution in [-0.4, -0.2) is 29.8 Å². The molecule has 0 fully saturated rings. The quantitative estimate of drug-likeness (QED) is 0.871. The van der Waals surface area contributed by atoms with Gasteiger partial charge in [0.1, 0.15) is 5.82 Å². The van der Waals surface area contributed by atoms with Gasteiger partial charge in [-0.05, 0) is 18.1 Å². The van der Waals surface area contributed by atoms with Gasteiger partial charge in [0, 0.05) is 26.4 Å². The molecule has 0 aliphatic heterocycles. The van der Waals surface area contributed by atoms with Gasteiger partial charge >= 0.3 is 0 Å². The number of nitrogens with zero attached hydrogens (tertiary/aromatic N) is 1. The zero-order valence-corrected chi connectivity index (χ0v) is 12.1. The molecule has 1 aromatic carbocycles. The Morgan fingerprint density at radius 1 is 1.30 bits per heavy atom. The second-order valence-corrected chi connectivity index (χ2v) is 5.14. The van der Waals surface area contributed by atoms with Crippen molar-refractivity contribution >= 4 is 17.5 Å². The molecule has 20 heavy (non-hydrogen) atoms. The first-order chi connectivity index (χ1) is 9.40. The Hall–Kier alpha value is -1.91. The molecule has 0 aliphatic rings. The molecule has 0 bridgehead atoms. The summed E-state index contributed by atoms with van der Waals surface area (Å²) in [5, 5.41) is 2.51. The van der Waals surface area contributed by atoms with E-state index in [1.807, 2.05) is 13.8 Å². The Bertz CT molecular complexity index is 475. The Labute approximate surface area is 119 Å². The third-order valence-electron chi connectivity index (χ3n) is 2.79. The number of benzene rings is 1. The maximum absolute atomic E-state index is 13.4. The minimum Gasteiger partial charge on any atom is -0.342 e. The van der Waals surface area contributed by atoms with Crippen LogP contribution in [-0.2, 0) is 9.59 Å². The zero-order valence-electron chi connectivity index (χ0n) is 12.1. The van der Waals surface area contributed by atoms with Crippen LogP contribution in [0, 0.1) is 11.7 Å². The first-order valence-electron chi connectivity index (χ1n) is 6.70. The van der Waals surface area contributed by atoms with Crippen molar-refractivity contribution in [3.05, 3.63) is 30.1 Å². The van der Waals surface area contributed by atoms with Gasteiger partial charge < -0.3 is 10.2 Å². The van der Waals surface area contributed by atoms with Crippen molar-refractivity contribution in [3.8, 4) is 0 Å². The molecule has 4 nitrogen and oxygen atoms in total. The van der Waals surface area contributed by atoms with E-state index in [4.69, 9.17) is 0 Å². The first-order valence-corrected chi connectivity index (χ1v) is 6.70. The number of amides is 2.